The van der Waals surface area contributed by atoms with E-state index in [1.54, 1.807) is 25.4 Å². The summed E-state index contributed by atoms with van der Waals surface area (Å²) in [7, 11) is 6.02. The van der Waals surface area contributed by atoms with Crippen molar-refractivity contribution in [3.8, 4) is 0 Å². The summed E-state index contributed by atoms with van der Waals surface area (Å²) in [6, 6.07) is 3.95. The summed E-state index contributed by atoms with van der Waals surface area (Å²) in [6.07, 6.45) is 1.60. The molecule has 2 rings (SSSR count). The first-order chi connectivity index (χ1) is 9.60. The van der Waals surface area contributed by atoms with Gasteiger partial charge in [0.1, 0.15) is 5.82 Å². The fourth-order valence-corrected chi connectivity index (χ4v) is 2.31. The zero-order valence-electron chi connectivity index (χ0n) is 12.4. The summed E-state index contributed by atoms with van der Waals surface area (Å²) < 4.78 is 0. The van der Waals surface area contributed by atoms with Crippen LogP contribution in [0.1, 0.15) is 10.4 Å². The van der Waals surface area contributed by atoms with E-state index in [1.807, 2.05) is 0 Å². The number of amides is 1. The molecule has 1 aliphatic rings. The van der Waals surface area contributed by atoms with Gasteiger partial charge in [-0.2, -0.15) is 0 Å². The highest BCUT2D eigenvalue weighted by atomic mass is 16.1. The Morgan fingerprint density at radius 3 is 2.85 bits per heavy atom. The lowest BCUT2D eigenvalue weighted by Gasteiger charge is -2.37. The summed E-state index contributed by atoms with van der Waals surface area (Å²) in [5.41, 5.74) is 0.593. The molecule has 1 aromatic heterocycles. The van der Waals surface area contributed by atoms with Crippen LogP contribution in [0.25, 0.3) is 0 Å². The third kappa shape index (κ3) is 3.68. The smallest absolute Gasteiger partial charge is 0.252 e. The molecule has 1 aromatic rings. The molecule has 110 valence electrons. The highest BCUT2D eigenvalue weighted by molar-refractivity contribution is 5.94. The average molecular weight is 277 g/mol. The molecule has 1 atom stereocenters. The third-order valence-electron chi connectivity index (χ3n) is 3.76. The van der Waals surface area contributed by atoms with Crippen LogP contribution in [0, 0.1) is 0 Å². The van der Waals surface area contributed by atoms with Crippen LogP contribution >= 0.6 is 0 Å². The third-order valence-corrected chi connectivity index (χ3v) is 3.76. The molecular formula is C14H23N5O. The molecule has 0 aliphatic carbocycles. The first kappa shape index (κ1) is 14.7. The normalized spacial score (nSPS) is 20.6. The van der Waals surface area contributed by atoms with Gasteiger partial charge in [-0.3, -0.25) is 9.69 Å². The number of aromatic nitrogens is 1. The maximum atomic E-state index is 12.1. The van der Waals surface area contributed by atoms with Gasteiger partial charge in [-0.05, 0) is 26.2 Å². The lowest BCUT2D eigenvalue weighted by molar-refractivity contribution is 0.0881. The summed E-state index contributed by atoms with van der Waals surface area (Å²) in [4.78, 5) is 20.8. The van der Waals surface area contributed by atoms with Crippen LogP contribution in [0.2, 0.25) is 0 Å². The number of hydrogen-bond donors (Lipinski definition) is 2. The molecule has 1 aliphatic heterocycles. The Hall–Kier alpha value is -1.66. The Bertz CT molecular complexity index is 447. The predicted molar refractivity (Wildman–Crippen MR) is 80.0 cm³/mol. The van der Waals surface area contributed by atoms with Crippen molar-refractivity contribution < 1.29 is 4.79 Å². The molecule has 1 fully saturated rings. The molecule has 0 bridgehead atoms. The number of carbonyl (C=O) groups excluding carboxylic acids is 1. The number of nitrogens with zero attached hydrogens (tertiary/aromatic N) is 3. The lowest BCUT2D eigenvalue weighted by atomic mass is 10.2. The van der Waals surface area contributed by atoms with Crippen molar-refractivity contribution in [3.63, 3.8) is 0 Å². The Balaban J connectivity index is 1.87. The molecule has 2 N–H and O–H groups in total. The number of carbonyl (C=O) groups is 1. The molecule has 6 nitrogen and oxygen atoms in total. The molecule has 0 aromatic carbocycles. The van der Waals surface area contributed by atoms with E-state index in [0.29, 0.717) is 18.2 Å². The van der Waals surface area contributed by atoms with Gasteiger partial charge in [-0.25, -0.2) is 4.98 Å². The second-order valence-electron chi connectivity index (χ2n) is 5.29. The van der Waals surface area contributed by atoms with Crippen molar-refractivity contribution in [2.75, 3.05) is 52.6 Å². The molecule has 1 amide bonds. The van der Waals surface area contributed by atoms with Crippen LogP contribution in [0.5, 0.6) is 0 Å². The van der Waals surface area contributed by atoms with Gasteiger partial charge in [0.2, 0.25) is 0 Å². The fourth-order valence-electron chi connectivity index (χ4n) is 2.31. The van der Waals surface area contributed by atoms with Crippen molar-refractivity contribution in [2.24, 2.45) is 0 Å². The van der Waals surface area contributed by atoms with E-state index in [2.05, 4.69) is 39.5 Å². The zero-order chi connectivity index (χ0) is 14.5. The van der Waals surface area contributed by atoms with Gasteiger partial charge in [0.25, 0.3) is 5.91 Å². The van der Waals surface area contributed by atoms with Crippen molar-refractivity contribution >= 4 is 11.7 Å². The maximum Gasteiger partial charge on any atom is 0.252 e. The number of pyridine rings is 1. The fraction of sp³-hybridized carbons (Fsp3) is 0.571. The molecular weight excluding hydrogens is 254 g/mol. The molecule has 20 heavy (non-hydrogen) atoms. The minimum atomic E-state index is -0.0678. The van der Waals surface area contributed by atoms with Crippen molar-refractivity contribution in [1.82, 2.24) is 20.1 Å². The van der Waals surface area contributed by atoms with E-state index in [0.717, 1.165) is 25.5 Å². The molecule has 1 saturated heterocycles. The minimum absolute atomic E-state index is 0.0678. The van der Waals surface area contributed by atoms with Crippen LogP contribution in [0.3, 0.4) is 0 Å². The summed E-state index contributed by atoms with van der Waals surface area (Å²) >= 11 is 0. The summed E-state index contributed by atoms with van der Waals surface area (Å²) in [5, 5.41) is 5.92. The molecule has 1 unspecified atom stereocenters. The first-order valence-corrected chi connectivity index (χ1v) is 6.91. The van der Waals surface area contributed by atoms with Crippen LogP contribution in [0.15, 0.2) is 18.3 Å². The van der Waals surface area contributed by atoms with E-state index >= 15 is 0 Å². The second-order valence-corrected chi connectivity index (χ2v) is 5.29. The topological polar surface area (TPSA) is 60.5 Å². The second kappa shape index (κ2) is 6.67. The van der Waals surface area contributed by atoms with E-state index in [1.165, 1.54) is 0 Å². The largest absolute Gasteiger partial charge is 0.373 e. The predicted octanol–water partition coefficient (Wildman–Crippen LogP) is 0.0989. The maximum absolute atomic E-state index is 12.1. The van der Waals surface area contributed by atoms with Crippen molar-refractivity contribution in [2.45, 2.75) is 6.04 Å². The molecule has 0 radical (unpaired) electrons. The molecule has 0 saturated carbocycles. The highest BCUT2D eigenvalue weighted by Crippen LogP contribution is 2.06. The van der Waals surface area contributed by atoms with Gasteiger partial charge in [0.15, 0.2) is 0 Å². The van der Waals surface area contributed by atoms with E-state index < -0.39 is 0 Å². The van der Waals surface area contributed by atoms with E-state index in [4.69, 9.17) is 0 Å². The first-order valence-electron chi connectivity index (χ1n) is 6.91. The lowest BCUT2D eigenvalue weighted by Crippen LogP contribution is -2.54. The Morgan fingerprint density at radius 2 is 2.20 bits per heavy atom. The molecule has 2 heterocycles. The van der Waals surface area contributed by atoms with E-state index in [9.17, 15) is 4.79 Å². The SMILES string of the molecule is CNc1ccc(C(=O)NCC2CN(C)CCN2C)cn1. The summed E-state index contributed by atoms with van der Waals surface area (Å²) in [6.45, 7) is 3.76. The highest BCUT2D eigenvalue weighted by Gasteiger charge is 2.22. The standard InChI is InChI=1S/C14H23N5O/c1-15-13-5-4-11(8-16-13)14(20)17-9-12-10-18(2)6-7-19(12)3/h4-5,8,12H,6-7,9-10H2,1-3H3,(H,15,16)(H,17,20). The Kier molecular flexibility index (Phi) is 4.92. The Morgan fingerprint density at radius 1 is 1.40 bits per heavy atom. The number of rotatable bonds is 4. The van der Waals surface area contributed by atoms with Crippen molar-refractivity contribution in [3.05, 3.63) is 23.9 Å². The molecule has 0 spiro atoms. The van der Waals surface area contributed by atoms with Gasteiger partial charge in [-0.15, -0.1) is 0 Å². The number of nitrogens with one attached hydrogen (secondary N) is 2. The number of hydrogen-bond acceptors (Lipinski definition) is 5. The van der Waals surface area contributed by atoms with Gasteiger partial charge in [0, 0.05) is 45.5 Å². The van der Waals surface area contributed by atoms with Crippen LogP contribution < -0.4 is 10.6 Å². The average Bonchev–Trinajstić information content (AvgIpc) is 2.48. The Labute approximate surface area is 120 Å². The number of likely N-dealkylation sites (N-methyl/N-ethyl adjacent to an activating group) is 2. The zero-order valence-corrected chi connectivity index (χ0v) is 12.4. The molecule has 6 heteroatoms. The van der Waals surface area contributed by atoms with Gasteiger partial charge in [0.05, 0.1) is 5.56 Å². The summed E-state index contributed by atoms with van der Waals surface area (Å²) in [5.74, 6) is 0.692. The quantitative estimate of drug-likeness (QED) is 0.817. The van der Waals surface area contributed by atoms with E-state index in [-0.39, 0.29) is 5.91 Å². The van der Waals surface area contributed by atoms with Crippen molar-refractivity contribution in [1.29, 1.82) is 0 Å². The van der Waals surface area contributed by atoms with Crippen LogP contribution in [-0.4, -0.2) is 74.1 Å². The number of piperazine rings is 1. The minimum Gasteiger partial charge on any atom is -0.373 e. The van der Waals surface area contributed by atoms with Crippen LogP contribution in [-0.2, 0) is 0 Å². The monoisotopic (exact) mass is 277 g/mol. The van der Waals surface area contributed by atoms with Crippen LogP contribution in [0.4, 0.5) is 5.82 Å². The number of anilines is 1. The van der Waals surface area contributed by atoms with Gasteiger partial charge < -0.3 is 15.5 Å². The van der Waals surface area contributed by atoms with Gasteiger partial charge >= 0.3 is 0 Å². The van der Waals surface area contributed by atoms with Gasteiger partial charge in [-0.1, -0.05) is 0 Å².